The minimum absolute atomic E-state index is 0.170. The van der Waals surface area contributed by atoms with Gasteiger partial charge in [0, 0.05) is 24.7 Å². The number of hydrogen-bond acceptors (Lipinski definition) is 4. The number of rotatable bonds is 4. The predicted octanol–water partition coefficient (Wildman–Crippen LogP) is 3.18. The zero-order valence-corrected chi connectivity index (χ0v) is 15.4. The van der Waals surface area contributed by atoms with Gasteiger partial charge in [0.05, 0.1) is 9.77 Å². The number of amides is 1. The molecule has 23 heavy (non-hydrogen) atoms. The van der Waals surface area contributed by atoms with Crippen LogP contribution in [0.2, 0.25) is 0 Å². The third-order valence-corrected chi connectivity index (χ3v) is 6.42. The van der Waals surface area contributed by atoms with Crippen LogP contribution in [-0.2, 0) is 10.0 Å². The van der Waals surface area contributed by atoms with Crippen molar-refractivity contribution in [2.75, 3.05) is 19.4 Å². The molecule has 0 radical (unpaired) electrons. The Morgan fingerprint density at radius 2 is 1.78 bits per heavy atom. The van der Waals surface area contributed by atoms with E-state index in [1.165, 1.54) is 31.5 Å². The van der Waals surface area contributed by atoms with Crippen LogP contribution in [0, 0.1) is 20.8 Å². The average Bonchev–Trinajstić information content (AvgIpc) is 2.90. The number of aryl methyl sites for hydroxylation is 2. The van der Waals surface area contributed by atoms with Gasteiger partial charge >= 0.3 is 0 Å². The van der Waals surface area contributed by atoms with Gasteiger partial charge in [0.15, 0.2) is 0 Å². The second-order valence-electron chi connectivity index (χ2n) is 5.56. The summed E-state index contributed by atoms with van der Waals surface area (Å²) in [4.78, 5) is 14.1. The highest BCUT2D eigenvalue weighted by Crippen LogP contribution is 2.26. The molecule has 1 N–H and O–H groups in total. The molecule has 1 aromatic carbocycles. The molecule has 0 aliphatic heterocycles. The zero-order valence-electron chi connectivity index (χ0n) is 13.8. The number of nitrogens with one attached hydrogen (secondary N) is 1. The van der Waals surface area contributed by atoms with Crippen molar-refractivity contribution in [2.45, 2.75) is 25.7 Å². The van der Waals surface area contributed by atoms with Crippen molar-refractivity contribution in [3.8, 4) is 0 Å². The summed E-state index contributed by atoms with van der Waals surface area (Å²) in [6.45, 7) is 5.62. The molecule has 7 heteroatoms. The summed E-state index contributed by atoms with van der Waals surface area (Å²) in [7, 11) is -0.584. The second-order valence-corrected chi connectivity index (χ2v) is 9.00. The standard InChI is InChI=1S/C16H20N2O3S2/c1-10-8-13(23(20,21)18(4)5)9-14(12(10)3)17-16(19)15-7-6-11(2)22-15/h6-9H,1-5H3,(H,17,19). The van der Waals surface area contributed by atoms with Crippen molar-refractivity contribution >= 4 is 33.0 Å². The van der Waals surface area contributed by atoms with Crippen LogP contribution >= 0.6 is 11.3 Å². The van der Waals surface area contributed by atoms with Gasteiger partial charge in [-0.1, -0.05) is 0 Å². The number of thiophene rings is 1. The summed E-state index contributed by atoms with van der Waals surface area (Å²) in [6.07, 6.45) is 0. The largest absolute Gasteiger partial charge is 0.321 e. The van der Waals surface area contributed by atoms with E-state index in [1.54, 1.807) is 12.1 Å². The maximum Gasteiger partial charge on any atom is 0.265 e. The first-order chi connectivity index (χ1) is 10.6. The van der Waals surface area contributed by atoms with Crippen LogP contribution in [-0.4, -0.2) is 32.7 Å². The summed E-state index contributed by atoms with van der Waals surface area (Å²) in [5, 5.41) is 2.82. The molecule has 0 saturated carbocycles. The summed E-state index contributed by atoms with van der Waals surface area (Å²) in [6, 6.07) is 6.77. The summed E-state index contributed by atoms with van der Waals surface area (Å²) in [5.41, 5.74) is 2.18. The maximum atomic E-state index is 12.3. The van der Waals surface area contributed by atoms with E-state index in [4.69, 9.17) is 0 Å². The fraction of sp³-hybridized carbons (Fsp3) is 0.312. The van der Waals surface area contributed by atoms with Crippen LogP contribution in [0.4, 0.5) is 5.69 Å². The average molecular weight is 352 g/mol. The van der Waals surface area contributed by atoms with E-state index in [1.807, 2.05) is 26.8 Å². The summed E-state index contributed by atoms with van der Waals surface area (Å²) in [5.74, 6) is -0.231. The smallest absolute Gasteiger partial charge is 0.265 e. The van der Waals surface area contributed by atoms with Crippen LogP contribution in [0.3, 0.4) is 0 Å². The highest BCUT2D eigenvalue weighted by atomic mass is 32.2. The molecule has 0 unspecified atom stereocenters. The molecule has 2 rings (SSSR count). The number of anilines is 1. The predicted molar refractivity (Wildman–Crippen MR) is 93.8 cm³/mol. The Labute approximate surface area is 141 Å². The van der Waals surface area contributed by atoms with Gasteiger partial charge < -0.3 is 5.32 Å². The Kier molecular flexibility index (Phi) is 4.93. The lowest BCUT2D eigenvalue weighted by molar-refractivity contribution is 0.103. The molecular weight excluding hydrogens is 332 g/mol. The Morgan fingerprint density at radius 3 is 2.30 bits per heavy atom. The molecule has 0 aliphatic rings. The van der Waals surface area contributed by atoms with Gasteiger partial charge in [-0.15, -0.1) is 11.3 Å². The highest BCUT2D eigenvalue weighted by molar-refractivity contribution is 7.89. The van der Waals surface area contributed by atoms with Crippen LogP contribution in [0.15, 0.2) is 29.2 Å². The number of benzene rings is 1. The van der Waals surface area contributed by atoms with E-state index in [-0.39, 0.29) is 10.8 Å². The number of nitrogens with zero attached hydrogens (tertiary/aromatic N) is 1. The molecule has 0 saturated heterocycles. The van der Waals surface area contributed by atoms with Crippen LogP contribution < -0.4 is 5.32 Å². The van der Waals surface area contributed by atoms with Crippen molar-refractivity contribution in [3.05, 3.63) is 45.1 Å². The molecule has 0 fully saturated rings. The molecule has 0 aliphatic carbocycles. The van der Waals surface area contributed by atoms with Gasteiger partial charge in [-0.25, -0.2) is 12.7 Å². The SMILES string of the molecule is Cc1ccc(C(=O)Nc2cc(S(=O)(=O)N(C)C)cc(C)c2C)s1. The van der Waals surface area contributed by atoms with Crippen molar-refractivity contribution < 1.29 is 13.2 Å². The van der Waals surface area contributed by atoms with E-state index >= 15 is 0 Å². The first kappa shape index (κ1) is 17.7. The number of sulfonamides is 1. The van der Waals surface area contributed by atoms with Gasteiger partial charge in [0.1, 0.15) is 0 Å². The molecule has 0 bridgehead atoms. The molecule has 124 valence electrons. The van der Waals surface area contributed by atoms with Gasteiger partial charge in [-0.05, 0) is 56.2 Å². The number of hydrogen-bond donors (Lipinski definition) is 1. The molecule has 1 aromatic heterocycles. The Bertz CT molecular complexity index is 852. The van der Waals surface area contributed by atoms with Crippen LogP contribution in [0.1, 0.15) is 25.7 Å². The zero-order chi connectivity index (χ0) is 17.4. The lowest BCUT2D eigenvalue weighted by atomic mass is 10.1. The minimum atomic E-state index is -3.55. The van der Waals surface area contributed by atoms with Crippen LogP contribution in [0.5, 0.6) is 0 Å². The van der Waals surface area contributed by atoms with Crippen molar-refractivity contribution in [3.63, 3.8) is 0 Å². The quantitative estimate of drug-likeness (QED) is 0.919. The normalized spacial score (nSPS) is 11.7. The van der Waals surface area contributed by atoms with Gasteiger partial charge in [-0.3, -0.25) is 4.79 Å². The van der Waals surface area contributed by atoms with E-state index < -0.39 is 10.0 Å². The lowest BCUT2D eigenvalue weighted by Crippen LogP contribution is -2.23. The Morgan fingerprint density at radius 1 is 1.13 bits per heavy atom. The fourth-order valence-corrected chi connectivity index (χ4v) is 3.83. The topological polar surface area (TPSA) is 66.5 Å². The molecule has 0 spiro atoms. The number of carbonyl (C=O) groups is 1. The Balaban J connectivity index is 2.43. The third-order valence-electron chi connectivity index (χ3n) is 3.63. The number of carbonyl (C=O) groups excluding carboxylic acids is 1. The van der Waals surface area contributed by atoms with E-state index in [9.17, 15) is 13.2 Å². The molecule has 1 heterocycles. The monoisotopic (exact) mass is 352 g/mol. The van der Waals surface area contributed by atoms with E-state index in [0.717, 1.165) is 20.3 Å². The van der Waals surface area contributed by atoms with Crippen LogP contribution in [0.25, 0.3) is 0 Å². The van der Waals surface area contributed by atoms with Gasteiger partial charge in [0.2, 0.25) is 10.0 Å². The van der Waals surface area contributed by atoms with Crippen molar-refractivity contribution in [1.29, 1.82) is 0 Å². The van der Waals surface area contributed by atoms with Crippen molar-refractivity contribution in [1.82, 2.24) is 4.31 Å². The molecule has 0 atom stereocenters. The van der Waals surface area contributed by atoms with Gasteiger partial charge in [-0.2, -0.15) is 0 Å². The lowest BCUT2D eigenvalue weighted by Gasteiger charge is -2.16. The van der Waals surface area contributed by atoms with Crippen molar-refractivity contribution in [2.24, 2.45) is 0 Å². The molecular formula is C16H20N2O3S2. The summed E-state index contributed by atoms with van der Waals surface area (Å²) >= 11 is 1.40. The van der Waals surface area contributed by atoms with Gasteiger partial charge in [0.25, 0.3) is 5.91 Å². The van der Waals surface area contributed by atoms with E-state index in [0.29, 0.717) is 10.6 Å². The second kappa shape index (κ2) is 6.43. The molecule has 5 nitrogen and oxygen atoms in total. The maximum absolute atomic E-state index is 12.3. The minimum Gasteiger partial charge on any atom is -0.321 e. The first-order valence-electron chi connectivity index (χ1n) is 7.04. The fourth-order valence-electron chi connectivity index (χ4n) is 2.06. The third kappa shape index (κ3) is 3.63. The first-order valence-corrected chi connectivity index (χ1v) is 9.30. The molecule has 1 amide bonds. The molecule has 2 aromatic rings. The highest BCUT2D eigenvalue weighted by Gasteiger charge is 2.20. The summed E-state index contributed by atoms with van der Waals surface area (Å²) < 4.78 is 25.8. The Hall–Kier alpha value is -1.70. The van der Waals surface area contributed by atoms with E-state index in [2.05, 4.69) is 5.32 Å².